The van der Waals surface area contributed by atoms with Gasteiger partial charge < -0.3 is 9.11 Å². The van der Waals surface area contributed by atoms with Crippen LogP contribution in [0.25, 0.3) is 0 Å². The maximum Gasteiger partial charge on any atom is 1.00 e. The minimum Gasteiger partial charge on any atom is -0.744 e. The van der Waals surface area contributed by atoms with E-state index in [1.165, 1.54) is 19.1 Å². The monoisotopic (exact) mass is 552 g/mol. The smallest absolute Gasteiger partial charge is 0.744 e. The molecule has 11 nitrogen and oxygen atoms in total. The summed E-state index contributed by atoms with van der Waals surface area (Å²) >= 11 is 12.0. The van der Waals surface area contributed by atoms with E-state index in [4.69, 9.17) is 23.2 Å². The van der Waals surface area contributed by atoms with Gasteiger partial charge in [-0.25, -0.2) is 21.5 Å². The first-order valence-electron chi connectivity index (χ1n) is 8.27. The maximum absolute atomic E-state index is 12.8. The zero-order chi connectivity index (χ0) is 23.1. The van der Waals surface area contributed by atoms with Crippen molar-refractivity contribution in [3.05, 3.63) is 62.4 Å². The summed E-state index contributed by atoms with van der Waals surface area (Å²) < 4.78 is 67.6. The molecule has 1 aliphatic carbocycles. The number of aryl methyl sites for hydroxylation is 1. The second-order valence-electron chi connectivity index (χ2n) is 6.34. The quantitative estimate of drug-likeness (QED) is 0.173. The van der Waals surface area contributed by atoms with Crippen molar-refractivity contribution in [3.63, 3.8) is 0 Å². The van der Waals surface area contributed by atoms with Crippen LogP contribution < -0.4 is 64.7 Å². The molecule has 0 fully saturated rings. The molecule has 0 saturated carbocycles. The Morgan fingerprint density at radius 2 is 1.58 bits per heavy atom. The Morgan fingerprint density at radius 1 is 1.00 bits per heavy atom. The third kappa shape index (κ3) is 7.12. The number of alkyl halides is 1. The summed E-state index contributed by atoms with van der Waals surface area (Å²) in [5.41, 5.74) is -0.270. The average Bonchev–Trinajstić information content (AvgIpc) is 2.94. The van der Waals surface area contributed by atoms with Gasteiger partial charge in [0.15, 0.2) is 5.69 Å². The summed E-state index contributed by atoms with van der Waals surface area (Å²) in [6.07, 6.45) is 2.11. The zero-order valence-corrected chi connectivity index (χ0v) is 24.5. The Bertz CT molecular complexity index is 1400. The SMILES string of the molecule is Cc1[nH]n(C2C=C(Cl)C(S(=O)(=O)[O-])=CC2Cl)c(=O)c1N=Nc1ccc(S(=O)(=O)[O-])cc1.[Na+].[Na+]. The summed E-state index contributed by atoms with van der Waals surface area (Å²) in [6.45, 7) is 1.53. The van der Waals surface area contributed by atoms with Crippen LogP contribution >= 0.6 is 23.2 Å². The van der Waals surface area contributed by atoms with E-state index in [0.717, 1.165) is 29.0 Å². The molecule has 0 spiro atoms. The van der Waals surface area contributed by atoms with E-state index in [2.05, 4.69) is 15.3 Å². The second-order valence-corrected chi connectivity index (χ2v) is 9.98. The summed E-state index contributed by atoms with van der Waals surface area (Å²) in [5.74, 6) is 0. The van der Waals surface area contributed by atoms with Crippen LogP contribution in [0.15, 0.2) is 66.3 Å². The van der Waals surface area contributed by atoms with Gasteiger partial charge in [-0.3, -0.25) is 9.89 Å². The number of nitrogens with zero attached hydrogens (tertiary/aromatic N) is 3. The average molecular weight is 553 g/mol. The summed E-state index contributed by atoms with van der Waals surface area (Å²) in [7, 11) is -9.44. The molecule has 166 valence electrons. The van der Waals surface area contributed by atoms with Crippen molar-refractivity contribution >= 4 is 54.8 Å². The van der Waals surface area contributed by atoms with Crippen molar-refractivity contribution in [1.29, 1.82) is 0 Å². The molecule has 2 unspecified atom stereocenters. The summed E-state index contributed by atoms with van der Waals surface area (Å²) in [5, 5.41) is 8.99. The van der Waals surface area contributed by atoms with E-state index in [0.29, 0.717) is 5.69 Å². The van der Waals surface area contributed by atoms with Crippen molar-refractivity contribution in [2.45, 2.75) is 23.2 Å². The number of rotatable bonds is 5. The van der Waals surface area contributed by atoms with Crippen molar-refractivity contribution in [2.24, 2.45) is 10.2 Å². The maximum atomic E-state index is 12.8. The molecule has 1 heterocycles. The van der Waals surface area contributed by atoms with Gasteiger partial charge in [-0.05, 0) is 43.3 Å². The number of H-pyrrole nitrogens is 1. The molecule has 3 rings (SSSR count). The predicted octanol–water partition coefficient (Wildman–Crippen LogP) is -3.47. The Kier molecular flexibility index (Phi) is 10.8. The minimum atomic E-state index is -4.84. The van der Waals surface area contributed by atoms with Crippen molar-refractivity contribution in [3.8, 4) is 0 Å². The Balaban J connectivity index is 0.00000272. The topological polar surface area (TPSA) is 177 Å². The molecule has 1 aromatic carbocycles. The van der Waals surface area contributed by atoms with E-state index in [1.54, 1.807) is 0 Å². The molecule has 1 N–H and O–H groups in total. The molecule has 17 heteroatoms. The molecule has 0 bridgehead atoms. The molecule has 33 heavy (non-hydrogen) atoms. The van der Waals surface area contributed by atoms with Crippen LogP contribution in [0.5, 0.6) is 0 Å². The van der Waals surface area contributed by atoms with E-state index >= 15 is 0 Å². The largest absolute Gasteiger partial charge is 1.00 e. The van der Waals surface area contributed by atoms with Gasteiger partial charge >= 0.3 is 59.1 Å². The number of benzene rings is 1. The van der Waals surface area contributed by atoms with Gasteiger partial charge in [0.05, 0.1) is 37.6 Å². The number of allylic oxidation sites excluding steroid dienone is 3. The number of azo groups is 1. The Morgan fingerprint density at radius 3 is 2.09 bits per heavy atom. The number of halogens is 2. The number of hydrogen-bond donors (Lipinski definition) is 1. The van der Waals surface area contributed by atoms with Gasteiger partial charge in [0.1, 0.15) is 20.2 Å². The zero-order valence-electron chi connectivity index (χ0n) is 17.4. The Hall–Kier alpha value is -0.290. The predicted molar refractivity (Wildman–Crippen MR) is 109 cm³/mol. The van der Waals surface area contributed by atoms with Crippen molar-refractivity contribution in [2.75, 3.05) is 0 Å². The molecule has 0 aliphatic heterocycles. The Labute approximate surface area is 243 Å². The van der Waals surface area contributed by atoms with Crippen LogP contribution in [0.4, 0.5) is 11.4 Å². The molecule has 2 atom stereocenters. The number of aromatic amines is 1. The van der Waals surface area contributed by atoms with Crippen LogP contribution in [0.2, 0.25) is 0 Å². The standard InChI is InChI=1S/C16H14Cl2N4O7S2.2Na/c1-8-15(20-19-9-2-4-10(5-3-9)30(24,25)26)16(23)22(21-8)13-6-12(18)14(7-11(13)17)31(27,28)29;;/h2-7,11,13,21H,1H3,(H,24,25,26)(H,27,28,29);;/q;2*+1/p-2. The first kappa shape index (κ1) is 30.7. The van der Waals surface area contributed by atoms with Gasteiger partial charge in [0, 0.05) is 0 Å². The molecule has 0 amide bonds. The van der Waals surface area contributed by atoms with Gasteiger partial charge in [-0.15, -0.1) is 16.7 Å². The van der Waals surface area contributed by atoms with Crippen LogP contribution in [-0.4, -0.2) is 41.1 Å². The van der Waals surface area contributed by atoms with Gasteiger partial charge in [0.25, 0.3) is 5.56 Å². The van der Waals surface area contributed by atoms with E-state index in [9.17, 15) is 30.7 Å². The van der Waals surface area contributed by atoms with E-state index in [-0.39, 0.29) is 75.5 Å². The van der Waals surface area contributed by atoms with Gasteiger partial charge in [-0.2, -0.15) is 5.11 Å². The van der Waals surface area contributed by atoms with Crippen LogP contribution in [-0.2, 0) is 20.2 Å². The molecule has 1 aromatic heterocycles. The van der Waals surface area contributed by atoms with Gasteiger partial charge in [0.2, 0.25) is 0 Å². The van der Waals surface area contributed by atoms with E-state index in [1.807, 2.05) is 0 Å². The first-order chi connectivity index (χ1) is 14.3. The third-order valence-corrected chi connectivity index (χ3v) is 6.78. The molecule has 0 radical (unpaired) electrons. The van der Waals surface area contributed by atoms with Crippen LogP contribution in [0, 0.1) is 6.92 Å². The third-order valence-electron chi connectivity index (χ3n) is 4.21. The first-order valence-corrected chi connectivity index (χ1v) is 11.9. The summed E-state index contributed by atoms with van der Waals surface area (Å²) in [6, 6.07) is 3.65. The van der Waals surface area contributed by atoms with Crippen molar-refractivity contribution in [1.82, 2.24) is 9.78 Å². The minimum absolute atomic E-state index is 0. The second kappa shape index (κ2) is 11.6. The van der Waals surface area contributed by atoms with Crippen LogP contribution in [0.1, 0.15) is 11.7 Å². The number of aromatic nitrogens is 2. The number of hydrogen-bond acceptors (Lipinski definition) is 9. The van der Waals surface area contributed by atoms with Crippen LogP contribution in [0.3, 0.4) is 0 Å². The molecule has 0 saturated heterocycles. The fraction of sp³-hybridized carbons (Fsp3) is 0.188. The normalized spacial score (nSPS) is 18.8. The van der Waals surface area contributed by atoms with Crippen molar-refractivity contribution < 1.29 is 85.1 Å². The van der Waals surface area contributed by atoms with E-state index < -0.39 is 47.0 Å². The molecule has 1 aliphatic rings. The fourth-order valence-electron chi connectivity index (χ4n) is 2.74. The molecule has 2 aromatic rings. The fourth-order valence-corrected chi connectivity index (χ4v) is 4.69. The van der Waals surface area contributed by atoms with Gasteiger partial charge in [-0.1, -0.05) is 11.6 Å². The summed E-state index contributed by atoms with van der Waals surface area (Å²) in [4.78, 5) is 11.6. The number of nitrogens with one attached hydrogen (secondary N) is 1. The molecular weight excluding hydrogens is 541 g/mol. The molecular formula is C16H12Cl2N4Na2O7S2.